The molecule has 22 heavy (non-hydrogen) atoms. The summed E-state index contributed by atoms with van der Waals surface area (Å²) in [4.78, 5) is 7.72. The van der Waals surface area contributed by atoms with Gasteiger partial charge in [0.25, 0.3) is 0 Å². The van der Waals surface area contributed by atoms with E-state index in [4.69, 9.17) is 4.74 Å². The van der Waals surface area contributed by atoms with E-state index in [1.54, 1.807) is 12.1 Å². The molecule has 8 heteroatoms. The fourth-order valence-corrected chi connectivity index (χ4v) is 2.19. The van der Waals surface area contributed by atoms with Gasteiger partial charge in [0.1, 0.15) is 0 Å². The Morgan fingerprint density at radius 1 is 1.23 bits per heavy atom. The Hall–Kier alpha value is -2.64. The average Bonchev–Trinajstić information content (AvgIpc) is 2.87. The summed E-state index contributed by atoms with van der Waals surface area (Å²) in [5.41, 5.74) is 0.177. The molecule has 0 N–H and O–H groups in total. The zero-order valence-electron chi connectivity index (χ0n) is 11.5. The van der Waals surface area contributed by atoms with Crippen LogP contribution in [0.15, 0.2) is 36.8 Å². The lowest BCUT2D eigenvalue weighted by Crippen LogP contribution is -2.09. The first-order valence-electron chi connectivity index (χ1n) is 6.35. The van der Waals surface area contributed by atoms with Crippen LogP contribution >= 0.6 is 0 Å². The third-order valence-corrected chi connectivity index (χ3v) is 3.16. The number of rotatable bonds is 3. The van der Waals surface area contributed by atoms with Crippen molar-refractivity contribution in [3.05, 3.63) is 48.0 Å². The fraction of sp³-hybridized carbons (Fsp3) is 0.214. The molecule has 3 aromatic heterocycles. The highest BCUT2D eigenvalue weighted by atomic mass is 19.4. The molecule has 0 saturated heterocycles. The zero-order valence-corrected chi connectivity index (χ0v) is 11.5. The van der Waals surface area contributed by atoms with E-state index in [1.807, 2.05) is 0 Å². The number of ether oxygens (including phenoxy) is 1. The van der Waals surface area contributed by atoms with Gasteiger partial charge in [0, 0.05) is 24.7 Å². The van der Waals surface area contributed by atoms with Crippen LogP contribution in [0.3, 0.4) is 0 Å². The SMILES string of the molecule is COc1cc(Cn2nc(C(F)(F)F)c3cnccc32)ccn1. The Morgan fingerprint density at radius 3 is 2.77 bits per heavy atom. The first-order valence-corrected chi connectivity index (χ1v) is 6.35. The van der Waals surface area contributed by atoms with Gasteiger partial charge in [-0.05, 0) is 17.7 Å². The van der Waals surface area contributed by atoms with Gasteiger partial charge in [0.2, 0.25) is 5.88 Å². The zero-order chi connectivity index (χ0) is 15.7. The van der Waals surface area contributed by atoms with E-state index in [1.165, 1.54) is 36.4 Å². The van der Waals surface area contributed by atoms with Crippen LogP contribution in [0.2, 0.25) is 0 Å². The summed E-state index contributed by atoms with van der Waals surface area (Å²) in [6.45, 7) is 0.176. The Labute approximate surface area is 123 Å². The molecule has 0 spiro atoms. The van der Waals surface area contributed by atoms with Crippen molar-refractivity contribution in [2.75, 3.05) is 7.11 Å². The van der Waals surface area contributed by atoms with Gasteiger partial charge < -0.3 is 4.74 Å². The third kappa shape index (κ3) is 2.59. The molecule has 5 nitrogen and oxygen atoms in total. The van der Waals surface area contributed by atoms with Crippen molar-refractivity contribution >= 4 is 10.9 Å². The van der Waals surface area contributed by atoms with Crippen LogP contribution in [-0.2, 0) is 12.7 Å². The predicted molar refractivity (Wildman–Crippen MR) is 72.4 cm³/mol. The van der Waals surface area contributed by atoms with Gasteiger partial charge in [0.05, 0.1) is 24.6 Å². The van der Waals surface area contributed by atoms with Crippen molar-refractivity contribution in [1.82, 2.24) is 19.7 Å². The number of halogens is 3. The van der Waals surface area contributed by atoms with Crippen molar-refractivity contribution in [3.8, 4) is 5.88 Å². The molecule has 0 fully saturated rings. The molecule has 0 amide bonds. The minimum absolute atomic E-state index is 0.0176. The molecule has 0 aromatic carbocycles. The van der Waals surface area contributed by atoms with Gasteiger partial charge in [-0.25, -0.2) is 4.98 Å². The molecular weight excluding hydrogens is 297 g/mol. The van der Waals surface area contributed by atoms with Crippen LogP contribution < -0.4 is 4.74 Å². The second-order valence-corrected chi connectivity index (χ2v) is 4.60. The van der Waals surface area contributed by atoms with Gasteiger partial charge in [-0.3, -0.25) is 9.67 Å². The largest absolute Gasteiger partial charge is 0.481 e. The Balaban J connectivity index is 2.07. The van der Waals surface area contributed by atoms with Crippen LogP contribution in [0.1, 0.15) is 11.3 Å². The lowest BCUT2D eigenvalue weighted by atomic mass is 10.2. The highest BCUT2D eigenvalue weighted by Gasteiger charge is 2.36. The first kappa shape index (κ1) is 14.3. The van der Waals surface area contributed by atoms with Gasteiger partial charge in [0.15, 0.2) is 5.69 Å². The van der Waals surface area contributed by atoms with Crippen LogP contribution in [0.25, 0.3) is 10.9 Å². The summed E-state index contributed by atoms with van der Waals surface area (Å²) in [6, 6.07) is 4.86. The number of aromatic nitrogens is 4. The quantitative estimate of drug-likeness (QED) is 0.746. The number of hydrogen-bond acceptors (Lipinski definition) is 4. The van der Waals surface area contributed by atoms with Crippen molar-refractivity contribution < 1.29 is 17.9 Å². The van der Waals surface area contributed by atoms with Gasteiger partial charge in [-0.2, -0.15) is 18.3 Å². The van der Waals surface area contributed by atoms with Gasteiger partial charge in [-0.1, -0.05) is 0 Å². The first-order chi connectivity index (χ1) is 10.5. The topological polar surface area (TPSA) is 52.8 Å². The molecule has 3 heterocycles. The molecule has 0 saturated carbocycles. The molecule has 0 radical (unpaired) electrons. The molecule has 3 rings (SSSR count). The number of pyridine rings is 2. The molecule has 0 bridgehead atoms. The van der Waals surface area contributed by atoms with E-state index in [0.29, 0.717) is 11.4 Å². The maximum absolute atomic E-state index is 13.1. The number of nitrogens with zero attached hydrogens (tertiary/aromatic N) is 4. The summed E-state index contributed by atoms with van der Waals surface area (Å²) in [6.07, 6.45) is -0.378. The Morgan fingerprint density at radius 2 is 2.05 bits per heavy atom. The highest BCUT2D eigenvalue weighted by Crippen LogP contribution is 2.33. The number of fused-ring (bicyclic) bond motifs is 1. The minimum atomic E-state index is -4.53. The monoisotopic (exact) mass is 308 g/mol. The Kier molecular flexibility index (Phi) is 3.44. The van der Waals surface area contributed by atoms with E-state index in [0.717, 1.165) is 5.56 Å². The molecule has 0 unspecified atom stereocenters. The molecule has 3 aromatic rings. The summed E-state index contributed by atoms with van der Waals surface area (Å²) in [5.74, 6) is 0.395. The van der Waals surface area contributed by atoms with Gasteiger partial charge >= 0.3 is 6.18 Å². The van der Waals surface area contributed by atoms with E-state index in [2.05, 4.69) is 15.1 Å². The van der Waals surface area contributed by atoms with E-state index < -0.39 is 11.9 Å². The van der Waals surface area contributed by atoms with Gasteiger partial charge in [-0.15, -0.1) is 0 Å². The molecule has 0 aliphatic carbocycles. The third-order valence-electron chi connectivity index (χ3n) is 3.16. The lowest BCUT2D eigenvalue weighted by Gasteiger charge is -2.05. The number of hydrogen-bond donors (Lipinski definition) is 0. The normalized spacial score (nSPS) is 11.8. The lowest BCUT2D eigenvalue weighted by molar-refractivity contribution is -0.140. The molecule has 114 valence electrons. The number of methoxy groups -OCH3 is 1. The molecule has 0 aliphatic heterocycles. The summed E-state index contributed by atoms with van der Waals surface area (Å²) in [7, 11) is 1.48. The van der Waals surface area contributed by atoms with Crippen molar-refractivity contribution in [2.24, 2.45) is 0 Å². The maximum Gasteiger partial charge on any atom is 0.435 e. The predicted octanol–water partition coefficient (Wildman–Crippen LogP) is 2.90. The maximum atomic E-state index is 13.1. The van der Waals surface area contributed by atoms with E-state index >= 15 is 0 Å². The Bertz CT molecular complexity index is 813. The van der Waals surface area contributed by atoms with Crippen LogP contribution in [0.5, 0.6) is 5.88 Å². The van der Waals surface area contributed by atoms with Crippen LogP contribution in [-0.4, -0.2) is 26.9 Å². The fourth-order valence-electron chi connectivity index (χ4n) is 2.19. The van der Waals surface area contributed by atoms with Crippen molar-refractivity contribution in [3.63, 3.8) is 0 Å². The van der Waals surface area contributed by atoms with E-state index in [9.17, 15) is 13.2 Å². The molecular formula is C14H11F3N4O. The highest BCUT2D eigenvalue weighted by molar-refractivity contribution is 5.81. The van der Waals surface area contributed by atoms with E-state index in [-0.39, 0.29) is 11.9 Å². The summed E-state index contributed by atoms with van der Waals surface area (Å²) >= 11 is 0. The molecule has 0 atom stereocenters. The van der Waals surface area contributed by atoms with Crippen molar-refractivity contribution in [2.45, 2.75) is 12.7 Å². The van der Waals surface area contributed by atoms with Crippen molar-refractivity contribution in [1.29, 1.82) is 0 Å². The molecule has 0 aliphatic rings. The van der Waals surface area contributed by atoms with Crippen LogP contribution in [0.4, 0.5) is 13.2 Å². The smallest absolute Gasteiger partial charge is 0.435 e. The van der Waals surface area contributed by atoms with Crippen LogP contribution in [0, 0.1) is 0 Å². The standard InChI is InChI=1S/C14H11F3N4O/c1-22-12-6-9(2-5-19-12)8-21-11-3-4-18-7-10(11)13(20-21)14(15,16)17/h2-7H,8H2,1H3. The summed E-state index contributed by atoms with van der Waals surface area (Å²) < 4.78 is 45.5. The minimum Gasteiger partial charge on any atom is -0.481 e. The average molecular weight is 308 g/mol. The number of alkyl halides is 3. The summed E-state index contributed by atoms with van der Waals surface area (Å²) in [5, 5.41) is 3.68. The second kappa shape index (κ2) is 5.28. The second-order valence-electron chi connectivity index (χ2n) is 4.60.